The fourth-order valence-corrected chi connectivity index (χ4v) is 2.52. The second-order valence-corrected chi connectivity index (χ2v) is 5.91. The summed E-state index contributed by atoms with van der Waals surface area (Å²) in [6.07, 6.45) is 6.89. The van der Waals surface area contributed by atoms with E-state index in [2.05, 4.69) is 15.2 Å². The van der Waals surface area contributed by atoms with E-state index in [-0.39, 0.29) is 11.6 Å². The molecule has 2 aromatic heterocycles. The minimum absolute atomic E-state index is 0.0326. The number of carbonyl (C=O) groups excluding carboxylic acids is 2. The summed E-state index contributed by atoms with van der Waals surface area (Å²) >= 11 is 0. The molecular weight excluding hydrogens is 360 g/mol. The van der Waals surface area contributed by atoms with Gasteiger partial charge < -0.3 is 14.4 Å². The summed E-state index contributed by atoms with van der Waals surface area (Å²) in [7, 11) is 0. The molecule has 0 saturated carbocycles. The van der Waals surface area contributed by atoms with Gasteiger partial charge in [-0.2, -0.15) is 5.10 Å². The van der Waals surface area contributed by atoms with Gasteiger partial charge in [-0.05, 0) is 17.7 Å². The van der Waals surface area contributed by atoms with Crippen LogP contribution < -0.4 is 0 Å². The lowest BCUT2D eigenvalue weighted by atomic mass is 10.2. The number of nitrogens with zero attached hydrogens (tertiary/aromatic N) is 3. The number of ether oxygens (including phenoxy) is 1. The van der Waals surface area contributed by atoms with Crippen LogP contribution in [0.2, 0.25) is 0 Å². The van der Waals surface area contributed by atoms with E-state index >= 15 is 0 Å². The third-order valence-corrected chi connectivity index (χ3v) is 3.81. The van der Waals surface area contributed by atoms with Crippen molar-refractivity contribution in [1.82, 2.24) is 19.7 Å². The number of rotatable bonds is 7. The molecule has 142 valence electrons. The molecule has 2 heterocycles. The Morgan fingerprint density at radius 2 is 2.07 bits per heavy atom. The summed E-state index contributed by atoms with van der Waals surface area (Å²) in [5.74, 6) is -1.11. The fraction of sp³-hybridized carbons (Fsp3) is 0.100. The third-order valence-electron chi connectivity index (χ3n) is 3.81. The standard InChI is InChI=1S/C20H18N4O4/c1-14(25)28-8-7-17-9-16(12-24(17)11-15-5-3-2-4-6-15)18(26)10-19(27)20-21-13-22-23-20/h2-10,12-13,26H,11H2,1H3,(H,21,22,23)/b8-7+,18-10?. The summed E-state index contributed by atoms with van der Waals surface area (Å²) in [5.41, 5.74) is 2.17. The average molecular weight is 378 g/mol. The number of benzene rings is 1. The van der Waals surface area contributed by atoms with E-state index in [0.717, 1.165) is 11.6 Å². The van der Waals surface area contributed by atoms with Crippen molar-refractivity contribution in [2.45, 2.75) is 13.5 Å². The molecule has 8 heteroatoms. The van der Waals surface area contributed by atoms with Gasteiger partial charge in [0.25, 0.3) is 0 Å². The molecule has 2 N–H and O–H groups in total. The number of aromatic amines is 1. The lowest BCUT2D eigenvalue weighted by Gasteiger charge is -2.06. The molecule has 0 fully saturated rings. The minimum Gasteiger partial charge on any atom is -0.507 e. The van der Waals surface area contributed by atoms with Crippen LogP contribution in [0.3, 0.4) is 0 Å². The number of esters is 1. The number of ketones is 1. The molecule has 1 aromatic carbocycles. The van der Waals surface area contributed by atoms with Crippen LogP contribution in [0.25, 0.3) is 11.8 Å². The van der Waals surface area contributed by atoms with Crippen LogP contribution in [-0.4, -0.2) is 36.6 Å². The van der Waals surface area contributed by atoms with Gasteiger partial charge in [0.1, 0.15) is 12.1 Å². The molecule has 0 aliphatic carbocycles. The molecule has 0 bridgehead atoms. The Bertz CT molecular complexity index is 1020. The largest absolute Gasteiger partial charge is 0.507 e. The number of nitrogens with one attached hydrogen (secondary N) is 1. The van der Waals surface area contributed by atoms with E-state index in [0.29, 0.717) is 17.8 Å². The Morgan fingerprint density at radius 1 is 1.29 bits per heavy atom. The maximum Gasteiger partial charge on any atom is 0.307 e. The third kappa shape index (κ3) is 4.82. The van der Waals surface area contributed by atoms with Gasteiger partial charge in [-0.15, -0.1) is 0 Å². The number of allylic oxidation sites excluding steroid dienone is 1. The summed E-state index contributed by atoms with van der Waals surface area (Å²) in [5, 5.41) is 16.4. The van der Waals surface area contributed by atoms with Gasteiger partial charge >= 0.3 is 5.97 Å². The Balaban J connectivity index is 1.89. The van der Waals surface area contributed by atoms with E-state index in [9.17, 15) is 14.7 Å². The number of H-pyrrole nitrogens is 1. The molecule has 0 atom stereocenters. The highest BCUT2D eigenvalue weighted by Gasteiger charge is 2.12. The SMILES string of the molecule is CC(=O)O/C=C/c1cc(C(O)=CC(=O)c2ncn[nH]2)cn1Cc1ccccc1. The molecule has 3 rings (SSSR count). The predicted octanol–water partition coefficient (Wildman–Crippen LogP) is 2.97. The zero-order valence-corrected chi connectivity index (χ0v) is 15.1. The monoisotopic (exact) mass is 378 g/mol. The van der Waals surface area contributed by atoms with Gasteiger partial charge in [-0.1, -0.05) is 30.3 Å². The van der Waals surface area contributed by atoms with Crippen LogP contribution in [-0.2, 0) is 16.1 Å². The van der Waals surface area contributed by atoms with E-state index in [1.165, 1.54) is 19.5 Å². The van der Waals surface area contributed by atoms with E-state index in [1.54, 1.807) is 18.3 Å². The highest BCUT2D eigenvalue weighted by Crippen LogP contribution is 2.19. The molecule has 0 saturated heterocycles. The Hall–Kier alpha value is -3.94. The average Bonchev–Trinajstić information content (AvgIpc) is 3.33. The number of carbonyl (C=O) groups is 2. The fourth-order valence-electron chi connectivity index (χ4n) is 2.52. The number of hydrogen-bond donors (Lipinski definition) is 2. The molecular formula is C20H18N4O4. The molecule has 0 unspecified atom stereocenters. The summed E-state index contributed by atoms with van der Waals surface area (Å²) in [6.45, 7) is 1.84. The Labute approximate surface area is 160 Å². The van der Waals surface area contributed by atoms with Gasteiger partial charge in [0.05, 0.1) is 6.26 Å². The zero-order valence-electron chi connectivity index (χ0n) is 15.1. The number of hydrogen-bond acceptors (Lipinski definition) is 6. The number of aromatic nitrogens is 4. The van der Waals surface area contributed by atoms with Crippen molar-refractivity contribution in [1.29, 1.82) is 0 Å². The van der Waals surface area contributed by atoms with Crippen LogP contribution in [0.4, 0.5) is 0 Å². The summed E-state index contributed by atoms with van der Waals surface area (Å²) in [6, 6.07) is 11.4. The van der Waals surface area contributed by atoms with Crippen LogP contribution >= 0.6 is 0 Å². The van der Waals surface area contributed by atoms with Crippen molar-refractivity contribution in [3.63, 3.8) is 0 Å². The molecule has 0 radical (unpaired) electrons. The van der Waals surface area contributed by atoms with Gasteiger partial charge in [-0.3, -0.25) is 14.7 Å². The van der Waals surface area contributed by atoms with E-state index in [1.807, 2.05) is 34.9 Å². The maximum absolute atomic E-state index is 12.1. The summed E-state index contributed by atoms with van der Waals surface area (Å²) < 4.78 is 6.72. The van der Waals surface area contributed by atoms with E-state index in [4.69, 9.17) is 4.74 Å². The minimum atomic E-state index is -0.497. The first-order valence-electron chi connectivity index (χ1n) is 8.41. The van der Waals surface area contributed by atoms with E-state index < -0.39 is 11.8 Å². The number of aliphatic hydroxyl groups is 1. The molecule has 0 aliphatic heterocycles. The van der Waals surface area contributed by atoms with Crippen LogP contribution in [0.15, 0.2) is 61.3 Å². The van der Waals surface area contributed by atoms with Gasteiger partial charge in [0.15, 0.2) is 5.82 Å². The smallest absolute Gasteiger partial charge is 0.307 e. The lowest BCUT2D eigenvalue weighted by molar-refractivity contribution is -0.135. The first-order chi connectivity index (χ1) is 13.5. The van der Waals surface area contributed by atoms with Crippen LogP contribution in [0.5, 0.6) is 0 Å². The van der Waals surface area contributed by atoms with Crippen LogP contribution in [0, 0.1) is 0 Å². The molecule has 0 aliphatic rings. The topological polar surface area (TPSA) is 110 Å². The van der Waals surface area contributed by atoms with Gasteiger partial charge in [-0.25, -0.2) is 4.98 Å². The number of aliphatic hydroxyl groups excluding tert-OH is 1. The zero-order chi connectivity index (χ0) is 19.9. The van der Waals surface area contributed by atoms with Crippen molar-refractivity contribution in [2.75, 3.05) is 0 Å². The van der Waals surface area contributed by atoms with Gasteiger partial charge in [0, 0.05) is 37.0 Å². The highest BCUT2D eigenvalue weighted by atomic mass is 16.5. The van der Waals surface area contributed by atoms with Crippen molar-refractivity contribution >= 4 is 23.6 Å². The second-order valence-electron chi connectivity index (χ2n) is 5.91. The first-order valence-corrected chi connectivity index (χ1v) is 8.41. The normalized spacial score (nSPS) is 11.7. The molecule has 28 heavy (non-hydrogen) atoms. The maximum atomic E-state index is 12.1. The quantitative estimate of drug-likeness (QED) is 0.283. The van der Waals surface area contributed by atoms with Crippen molar-refractivity contribution in [2.24, 2.45) is 0 Å². The van der Waals surface area contributed by atoms with Gasteiger partial charge in [0.2, 0.25) is 5.78 Å². The Morgan fingerprint density at radius 3 is 2.75 bits per heavy atom. The molecule has 3 aromatic rings. The van der Waals surface area contributed by atoms with Crippen molar-refractivity contribution in [3.05, 3.63) is 83.9 Å². The van der Waals surface area contributed by atoms with Crippen LogP contribution in [0.1, 0.15) is 34.4 Å². The molecule has 0 spiro atoms. The van der Waals surface area contributed by atoms with Crippen molar-refractivity contribution in [3.8, 4) is 0 Å². The molecule has 0 amide bonds. The Kier molecular flexibility index (Phi) is 5.81. The lowest BCUT2D eigenvalue weighted by Crippen LogP contribution is -2.00. The summed E-state index contributed by atoms with van der Waals surface area (Å²) in [4.78, 5) is 26.8. The predicted molar refractivity (Wildman–Crippen MR) is 102 cm³/mol. The first kappa shape index (κ1) is 18.8. The second kappa shape index (κ2) is 8.63. The highest BCUT2D eigenvalue weighted by molar-refractivity contribution is 6.05. The molecule has 8 nitrogen and oxygen atoms in total. The van der Waals surface area contributed by atoms with Crippen molar-refractivity contribution < 1.29 is 19.4 Å².